The summed E-state index contributed by atoms with van der Waals surface area (Å²) in [6.45, 7) is 5.48. The largest absolute Gasteiger partial charge is 0.459 e. The lowest BCUT2D eigenvalue weighted by Crippen LogP contribution is -2.27. The van der Waals surface area contributed by atoms with Crippen molar-refractivity contribution in [3.05, 3.63) is 43.2 Å². The van der Waals surface area contributed by atoms with Crippen LogP contribution in [0.25, 0.3) is 10.9 Å². The molecule has 0 amide bonds. The standard InChI is InChI=1S/C15H15ClINO3/c1-15(2,3)21-13(19)8-18-7-11(17)14(20)10-5-4-9(16)6-12(10)18/h4-7H,8H2,1-3H3. The van der Waals surface area contributed by atoms with Crippen molar-refractivity contribution in [3.8, 4) is 0 Å². The summed E-state index contributed by atoms with van der Waals surface area (Å²) >= 11 is 7.96. The molecule has 4 nitrogen and oxygen atoms in total. The maximum atomic E-state index is 12.1. The summed E-state index contributed by atoms with van der Waals surface area (Å²) in [4.78, 5) is 24.1. The Bertz CT molecular complexity index is 762. The highest BCUT2D eigenvalue weighted by atomic mass is 127. The molecule has 0 bridgehead atoms. The van der Waals surface area contributed by atoms with Gasteiger partial charge < -0.3 is 9.30 Å². The molecule has 2 rings (SSSR count). The van der Waals surface area contributed by atoms with Gasteiger partial charge in [-0.1, -0.05) is 11.6 Å². The molecule has 0 N–H and O–H groups in total. The van der Waals surface area contributed by atoms with Crippen LogP contribution in [0, 0.1) is 3.57 Å². The Labute approximate surface area is 141 Å². The number of carbonyl (C=O) groups is 1. The van der Waals surface area contributed by atoms with Gasteiger partial charge in [0.15, 0.2) is 0 Å². The van der Waals surface area contributed by atoms with E-state index in [4.69, 9.17) is 16.3 Å². The molecule has 0 unspecified atom stereocenters. The topological polar surface area (TPSA) is 48.3 Å². The van der Waals surface area contributed by atoms with E-state index < -0.39 is 5.60 Å². The normalized spacial score (nSPS) is 11.7. The average molecular weight is 420 g/mol. The Kier molecular flexibility index (Phi) is 4.63. The molecule has 6 heteroatoms. The number of benzene rings is 1. The fourth-order valence-corrected chi connectivity index (χ4v) is 2.76. The van der Waals surface area contributed by atoms with Crippen LogP contribution in [-0.4, -0.2) is 16.1 Å². The molecule has 0 aliphatic carbocycles. The van der Waals surface area contributed by atoms with Crippen LogP contribution in [0.1, 0.15) is 20.8 Å². The van der Waals surface area contributed by atoms with Crippen LogP contribution >= 0.6 is 34.2 Å². The second-order valence-electron chi connectivity index (χ2n) is 5.68. The molecule has 112 valence electrons. The van der Waals surface area contributed by atoms with Crippen molar-refractivity contribution in [1.29, 1.82) is 0 Å². The number of halogens is 2. The van der Waals surface area contributed by atoms with Crippen molar-refractivity contribution in [2.75, 3.05) is 0 Å². The number of esters is 1. The lowest BCUT2D eigenvalue weighted by atomic mass is 10.2. The van der Waals surface area contributed by atoms with E-state index in [1.165, 1.54) is 0 Å². The molecule has 0 aliphatic heterocycles. The first kappa shape index (κ1) is 16.3. The Morgan fingerprint density at radius 2 is 2.05 bits per heavy atom. The molecule has 0 saturated heterocycles. The molecule has 0 aliphatic rings. The van der Waals surface area contributed by atoms with E-state index in [0.29, 0.717) is 19.5 Å². The lowest BCUT2D eigenvalue weighted by molar-refractivity contribution is -0.155. The maximum absolute atomic E-state index is 12.1. The van der Waals surface area contributed by atoms with Gasteiger partial charge in [0.25, 0.3) is 0 Å². The van der Waals surface area contributed by atoms with Crippen LogP contribution in [0.4, 0.5) is 0 Å². The van der Waals surface area contributed by atoms with Gasteiger partial charge in [-0.15, -0.1) is 0 Å². The molecular formula is C15H15ClINO3. The molecule has 0 saturated carbocycles. The third kappa shape index (κ3) is 3.97. The summed E-state index contributed by atoms with van der Waals surface area (Å²) in [6.07, 6.45) is 1.64. The highest BCUT2D eigenvalue weighted by Gasteiger charge is 2.17. The number of ether oxygens (including phenoxy) is 1. The van der Waals surface area contributed by atoms with Crippen molar-refractivity contribution in [2.45, 2.75) is 32.9 Å². The van der Waals surface area contributed by atoms with E-state index in [1.807, 2.05) is 43.4 Å². The Morgan fingerprint density at radius 1 is 1.38 bits per heavy atom. The summed E-state index contributed by atoms with van der Waals surface area (Å²) in [5, 5.41) is 1.05. The number of nitrogens with zero attached hydrogens (tertiary/aromatic N) is 1. The zero-order chi connectivity index (χ0) is 15.8. The minimum Gasteiger partial charge on any atom is -0.459 e. The van der Waals surface area contributed by atoms with E-state index >= 15 is 0 Å². The van der Waals surface area contributed by atoms with Crippen molar-refractivity contribution < 1.29 is 9.53 Å². The van der Waals surface area contributed by atoms with Crippen LogP contribution in [0.5, 0.6) is 0 Å². The number of rotatable bonds is 2. The second-order valence-corrected chi connectivity index (χ2v) is 7.28. The number of hydrogen-bond acceptors (Lipinski definition) is 3. The van der Waals surface area contributed by atoms with Crippen molar-refractivity contribution in [2.24, 2.45) is 0 Å². The molecule has 0 fully saturated rings. The number of carbonyl (C=O) groups excluding carboxylic acids is 1. The van der Waals surface area contributed by atoms with Gasteiger partial charge in [0.2, 0.25) is 5.43 Å². The molecule has 1 aromatic carbocycles. The average Bonchev–Trinajstić information content (AvgIpc) is 2.33. The number of fused-ring (bicyclic) bond motifs is 1. The van der Waals surface area contributed by atoms with Crippen molar-refractivity contribution in [3.63, 3.8) is 0 Å². The molecule has 0 radical (unpaired) electrons. The third-order valence-electron chi connectivity index (χ3n) is 2.72. The second kappa shape index (κ2) is 5.96. The zero-order valence-corrected chi connectivity index (χ0v) is 14.9. The summed E-state index contributed by atoms with van der Waals surface area (Å²) in [6, 6.07) is 5.02. The van der Waals surface area contributed by atoms with Gasteiger partial charge in [-0.2, -0.15) is 0 Å². The van der Waals surface area contributed by atoms with Crippen LogP contribution in [0.3, 0.4) is 0 Å². The fraction of sp³-hybridized carbons (Fsp3) is 0.333. The first-order valence-electron chi connectivity index (χ1n) is 6.37. The SMILES string of the molecule is CC(C)(C)OC(=O)Cn1cc(I)c(=O)c2ccc(Cl)cc21. The molecule has 21 heavy (non-hydrogen) atoms. The van der Waals surface area contributed by atoms with Crippen molar-refractivity contribution >= 4 is 51.1 Å². The van der Waals surface area contributed by atoms with Gasteiger partial charge in [-0.05, 0) is 61.6 Å². The van der Waals surface area contributed by atoms with E-state index in [9.17, 15) is 9.59 Å². The number of hydrogen-bond donors (Lipinski definition) is 0. The molecule has 0 atom stereocenters. The Hall–Kier alpha value is -1.08. The minimum absolute atomic E-state index is 0.0321. The minimum atomic E-state index is -0.545. The van der Waals surface area contributed by atoms with Crippen LogP contribution < -0.4 is 5.43 Å². The van der Waals surface area contributed by atoms with Crippen LogP contribution in [0.2, 0.25) is 5.02 Å². The highest BCUT2D eigenvalue weighted by Crippen LogP contribution is 2.19. The maximum Gasteiger partial charge on any atom is 0.326 e. The zero-order valence-electron chi connectivity index (χ0n) is 11.9. The fourth-order valence-electron chi connectivity index (χ4n) is 1.97. The van der Waals surface area contributed by atoms with Gasteiger partial charge in [-0.3, -0.25) is 9.59 Å². The smallest absolute Gasteiger partial charge is 0.326 e. The number of aromatic nitrogens is 1. The molecular weight excluding hydrogens is 405 g/mol. The summed E-state index contributed by atoms with van der Waals surface area (Å²) in [5.41, 5.74) is 0.0120. The Morgan fingerprint density at radius 3 is 2.67 bits per heavy atom. The monoisotopic (exact) mass is 419 g/mol. The summed E-state index contributed by atoms with van der Waals surface area (Å²) in [7, 11) is 0. The predicted molar refractivity (Wildman–Crippen MR) is 91.8 cm³/mol. The summed E-state index contributed by atoms with van der Waals surface area (Å²) < 4.78 is 7.56. The lowest BCUT2D eigenvalue weighted by Gasteiger charge is -2.20. The Balaban J connectivity index is 2.49. The van der Waals surface area contributed by atoms with Crippen LogP contribution in [0.15, 0.2) is 29.2 Å². The predicted octanol–water partition coefficient (Wildman–Crippen LogP) is 3.60. The van der Waals surface area contributed by atoms with E-state index in [2.05, 4.69) is 0 Å². The molecule has 1 heterocycles. The first-order chi connectivity index (χ1) is 9.67. The van der Waals surface area contributed by atoms with E-state index in [1.54, 1.807) is 29.0 Å². The third-order valence-corrected chi connectivity index (χ3v) is 3.72. The first-order valence-corrected chi connectivity index (χ1v) is 7.83. The quantitative estimate of drug-likeness (QED) is 0.552. The molecule has 1 aromatic heterocycles. The number of pyridine rings is 1. The van der Waals surface area contributed by atoms with Crippen LogP contribution in [-0.2, 0) is 16.1 Å². The van der Waals surface area contributed by atoms with Gasteiger partial charge in [0.1, 0.15) is 12.1 Å². The van der Waals surface area contributed by atoms with E-state index in [0.717, 1.165) is 0 Å². The summed E-state index contributed by atoms with van der Waals surface area (Å²) in [5.74, 6) is -0.358. The van der Waals surface area contributed by atoms with Gasteiger partial charge >= 0.3 is 5.97 Å². The van der Waals surface area contributed by atoms with Crippen molar-refractivity contribution in [1.82, 2.24) is 4.57 Å². The van der Waals surface area contributed by atoms with E-state index in [-0.39, 0.29) is 17.9 Å². The van der Waals surface area contributed by atoms with Gasteiger partial charge in [0, 0.05) is 16.6 Å². The highest BCUT2D eigenvalue weighted by molar-refractivity contribution is 14.1. The van der Waals surface area contributed by atoms with Gasteiger partial charge in [-0.25, -0.2) is 0 Å². The molecule has 0 spiro atoms. The van der Waals surface area contributed by atoms with Gasteiger partial charge in [0.05, 0.1) is 9.09 Å². The molecule has 2 aromatic rings.